The van der Waals surface area contributed by atoms with Crippen molar-refractivity contribution in [1.82, 2.24) is 0 Å². The molecule has 0 aliphatic rings. The van der Waals surface area contributed by atoms with Gasteiger partial charge >= 0.3 is 6.18 Å². The highest BCUT2D eigenvalue weighted by Crippen LogP contribution is 2.35. The first-order valence-corrected chi connectivity index (χ1v) is 9.15. The number of benzene rings is 2. The third kappa shape index (κ3) is 3.96. The molecule has 0 aliphatic heterocycles. The lowest BCUT2D eigenvalue weighted by atomic mass is 10.1. The van der Waals surface area contributed by atoms with Gasteiger partial charge in [-0.25, -0.2) is 17.2 Å². The average Bonchev–Trinajstić information content (AvgIpc) is 2.58. The van der Waals surface area contributed by atoms with E-state index in [4.69, 9.17) is 11.6 Å². The molecular weight excluding hydrogens is 433 g/mol. The van der Waals surface area contributed by atoms with Gasteiger partial charge in [-0.05, 0) is 43.3 Å². The molecule has 0 bridgehead atoms. The third-order valence-corrected chi connectivity index (χ3v) is 5.86. The van der Waals surface area contributed by atoms with Gasteiger partial charge in [0, 0.05) is 0 Å². The van der Waals surface area contributed by atoms with E-state index in [0.29, 0.717) is 6.07 Å². The summed E-state index contributed by atoms with van der Waals surface area (Å²) in [4.78, 5) is 10.3. The quantitative estimate of drug-likeness (QED) is 0.557. The summed E-state index contributed by atoms with van der Waals surface area (Å²) in [5.74, 6) is -4.22. The maximum Gasteiger partial charge on any atom is 0.426 e. The van der Waals surface area contributed by atoms with Gasteiger partial charge in [-0.15, -0.1) is 0 Å². The van der Waals surface area contributed by atoms with Crippen molar-refractivity contribution in [3.8, 4) is 0 Å². The Labute approximate surface area is 160 Å². The molecule has 0 aliphatic carbocycles. The standard InChI is InChI=1S/C16H11ClF5NO4S/c1-15(25,16(20,21)22)14(24)23-10-6-7-11(13(19)12(10)17)28(26,27)9-4-2-8(18)3-5-9/h2-7,25H,1H3,(H,23,24)/t15-/m1/s1. The van der Waals surface area contributed by atoms with Crippen LogP contribution in [-0.2, 0) is 14.6 Å². The molecule has 0 radical (unpaired) electrons. The van der Waals surface area contributed by atoms with Crippen LogP contribution in [0.4, 0.5) is 27.6 Å². The van der Waals surface area contributed by atoms with Gasteiger partial charge in [0.2, 0.25) is 15.4 Å². The fraction of sp³-hybridized carbons (Fsp3) is 0.188. The molecule has 2 aromatic carbocycles. The summed E-state index contributed by atoms with van der Waals surface area (Å²) in [7, 11) is -4.47. The molecule has 0 heterocycles. The Hall–Kier alpha value is -2.24. The molecule has 0 saturated heterocycles. The van der Waals surface area contributed by atoms with Gasteiger partial charge in [-0.2, -0.15) is 13.2 Å². The van der Waals surface area contributed by atoms with Crippen molar-refractivity contribution in [3.63, 3.8) is 0 Å². The van der Waals surface area contributed by atoms with Gasteiger partial charge in [0.05, 0.1) is 10.6 Å². The molecule has 2 N–H and O–H groups in total. The molecule has 0 fully saturated rings. The highest BCUT2D eigenvalue weighted by atomic mass is 35.5. The molecule has 12 heteroatoms. The zero-order valence-corrected chi connectivity index (χ0v) is 15.4. The molecule has 152 valence electrons. The van der Waals surface area contributed by atoms with E-state index in [9.17, 15) is 40.3 Å². The van der Waals surface area contributed by atoms with E-state index in [1.807, 2.05) is 0 Å². The van der Waals surface area contributed by atoms with E-state index in [-0.39, 0.29) is 6.92 Å². The topological polar surface area (TPSA) is 83.5 Å². The smallest absolute Gasteiger partial charge is 0.373 e. The molecule has 0 spiro atoms. The van der Waals surface area contributed by atoms with Crippen LogP contribution >= 0.6 is 11.6 Å². The second-order valence-electron chi connectivity index (χ2n) is 5.72. The first-order valence-electron chi connectivity index (χ1n) is 7.29. The van der Waals surface area contributed by atoms with Crippen molar-refractivity contribution in [3.05, 3.63) is 53.1 Å². The van der Waals surface area contributed by atoms with Gasteiger partial charge < -0.3 is 10.4 Å². The number of amides is 1. The Bertz CT molecular complexity index is 1020. The minimum atomic E-state index is -5.33. The van der Waals surface area contributed by atoms with E-state index < -0.39 is 59.7 Å². The zero-order valence-electron chi connectivity index (χ0n) is 13.8. The minimum absolute atomic E-state index is 0.181. The number of hydrogen-bond donors (Lipinski definition) is 2. The van der Waals surface area contributed by atoms with Crippen molar-refractivity contribution in [1.29, 1.82) is 0 Å². The summed E-state index contributed by atoms with van der Waals surface area (Å²) < 4.78 is 90.4. The summed E-state index contributed by atoms with van der Waals surface area (Å²) in [5.41, 5.74) is -4.49. The van der Waals surface area contributed by atoms with Crippen LogP contribution in [0.2, 0.25) is 5.02 Å². The van der Waals surface area contributed by atoms with E-state index >= 15 is 0 Å². The van der Waals surface area contributed by atoms with Gasteiger partial charge in [0.1, 0.15) is 15.7 Å². The van der Waals surface area contributed by atoms with Crippen LogP contribution in [0.15, 0.2) is 46.2 Å². The van der Waals surface area contributed by atoms with E-state index in [1.165, 1.54) is 0 Å². The normalized spacial score (nSPS) is 14.4. The average molecular weight is 444 g/mol. The summed E-state index contributed by atoms with van der Waals surface area (Å²) >= 11 is 5.65. The van der Waals surface area contributed by atoms with Gasteiger partial charge in [-0.3, -0.25) is 4.79 Å². The monoisotopic (exact) mass is 443 g/mol. The molecular formula is C16H11ClF5NO4S. The fourth-order valence-electron chi connectivity index (χ4n) is 1.95. The number of hydrogen-bond acceptors (Lipinski definition) is 4. The maximum absolute atomic E-state index is 14.5. The number of nitrogens with one attached hydrogen (secondary N) is 1. The second-order valence-corrected chi connectivity index (χ2v) is 8.02. The van der Waals surface area contributed by atoms with Crippen molar-refractivity contribution in [2.45, 2.75) is 28.5 Å². The molecule has 0 saturated carbocycles. The van der Waals surface area contributed by atoms with E-state index in [2.05, 4.69) is 0 Å². The molecule has 5 nitrogen and oxygen atoms in total. The van der Waals surface area contributed by atoms with Gasteiger partial charge in [0.15, 0.2) is 5.82 Å². The number of aliphatic hydroxyl groups is 1. The lowest BCUT2D eigenvalue weighted by molar-refractivity contribution is -0.242. The summed E-state index contributed by atoms with van der Waals surface area (Å²) in [6.07, 6.45) is -5.33. The number of sulfone groups is 1. The van der Waals surface area contributed by atoms with Crippen LogP contribution < -0.4 is 5.32 Å². The van der Waals surface area contributed by atoms with E-state index in [1.54, 1.807) is 5.32 Å². The molecule has 1 amide bonds. The van der Waals surface area contributed by atoms with Crippen LogP contribution in [0, 0.1) is 11.6 Å². The zero-order chi connectivity index (χ0) is 21.5. The predicted molar refractivity (Wildman–Crippen MR) is 88.6 cm³/mol. The Morgan fingerprint density at radius 1 is 1.07 bits per heavy atom. The summed E-state index contributed by atoms with van der Waals surface area (Å²) in [6.45, 7) is 0.181. The van der Waals surface area contributed by atoms with Crippen molar-refractivity contribution in [2.75, 3.05) is 5.32 Å². The van der Waals surface area contributed by atoms with Gasteiger partial charge in [-0.1, -0.05) is 11.6 Å². The fourth-order valence-corrected chi connectivity index (χ4v) is 3.55. The summed E-state index contributed by atoms with van der Waals surface area (Å²) in [5, 5.41) is 9.90. The Morgan fingerprint density at radius 3 is 2.11 bits per heavy atom. The Balaban J connectivity index is 2.43. The number of rotatable bonds is 4. The lowest BCUT2D eigenvalue weighted by Crippen LogP contribution is -2.52. The minimum Gasteiger partial charge on any atom is -0.373 e. The van der Waals surface area contributed by atoms with Crippen LogP contribution in [0.5, 0.6) is 0 Å². The molecule has 2 aromatic rings. The largest absolute Gasteiger partial charge is 0.426 e. The SMILES string of the molecule is C[C@@](O)(C(=O)Nc1ccc(S(=O)(=O)c2ccc(F)cc2)c(F)c1Cl)C(F)(F)F. The van der Waals surface area contributed by atoms with Crippen LogP contribution in [0.3, 0.4) is 0 Å². The number of alkyl halides is 3. The summed E-state index contributed by atoms with van der Waals surface area (Å²) in [6, 6.07) is 4.85. The molecule has 0 unspecified atom stereocenters. The van der Waals surface area contributed by atoms with Crippen LogP contribution in [0.25, 0.3) is 0 Å². The Morgan fingerprint density at radius 2 is 1.61 bits per heavy atom. The predicted octanol–water partition coefficient (Wildman–Crippen LogP) is 3.70. The maximum atomic E-state index is 14.5. The number of anilines is 1. The molecule has 1 atom stereocenters. The number of carbonyl (C=O) groups excluding carboxylic acids is 1. The van der Waals surface area contributed by atoms with Crippen molar-refractivity contribution in [2.24, 2.45) is 0 Å². The number of carbonyl (C=O) groups is 1. The molecule has 0 aromatic heterocycles. The van der Waals surface area contributed by atoms with Gasteiger partial charge in [0.25, 0.3) is 5.91 Å². The second kappa shape index (κ2) is 7.30. The van der Waals surface area contributed by atoms with E-state index in [0.717, 1.165) is 30.3 Å². The van der Waals surface area contributed by atoms with Crippen molar-refractivity contribution >= 4 is 33.0 Å². The molecule has 2 rings (SSSR count). The Kier molecular flexibility index (Phi) is 5.75. The first-order chi connectivity index (χ1) is 12.7. The number of halogens is 6. The van der Waals surface area contributed by atoms with Crippen molar-refractivity contribution < 1.29 is 40.3 Å². The van der Waals surface area contributed by atoms with Crippen LogP contribution in [-0.4, -0.2) is 31.2 Å². The third-order valence-electron chi connectivity index (χ3n) is 3.70. The van der Waals surface area contributed by atoms with Crippen LogP contribution in [0.1, 0.15) is 6.92 Å². The lowest BCUT2D eigenvalue weighted by Gasteiger charge is -2.25. The molecule has 28 heavy (non-hydrogen) atoms. The highest BCUT2D eigenvalue weighted by Gasteiger charge is 2.55. The first kappa shape index (κ1) is 22.1. The highest BCUT2D eigenvalue weighted by molar-refractivity contribution is 7.91.